The summed E-state index contributed by atoms with van der Waals surface area (Å²) in [5.41, 5.74) is 0. The van der Waals surface area contributed by atoms with Gasteiger partial charge in [-0.3, -0.25) is 9.44 Å². The molecule has 0 aliphatic rings. The Balaban J connectivity index is 0.000000168. The number of anilines is 2. The monoisotopic (exact) mass is 732 g/mol. The fraction of sp³-hybridized carbons (Fsp3) is 0.0714. The number of rotatable bonds is 6. The fourth-order valence-corrected chi connectivity index (χ4v) is 7.30. The van der Waals surface area contributed by atoms with E-state index < -0.39 is 20.0 Å². The lowest BCUT2D eigenvalue weighted by Gasteiger charge is -2.08. The topological polar surface area (TPSA) is 144 Å². The summed E-state index contributed by atoms with van der Waals surface area (Å²) in [5, 5.41) is 10.4. The van der Waals surface area contributed by atoms with Gasteiger partial charge in [-0.25, -0.2) is 16.8 Å². The number of aryl methyl sites for hydroxylation is 2. The number of fused-ring (bicyclic) bond motifs is 2. The molecule has 216 valence electrons. The summed E-state index contributed by atoms with van der Waals surface area (Å²) in [7, 11) is -7.50. The standard InChI is InChI=1S/2C14H11BrN2O3S/c2*1-9-13(15)14(16-20-9)17-21(18,19)12-8-4-6-10-5-2-3-7-11(10)12/h2*2-8H,1H3,(H,16,17). The van der Waals surface area contributed by atoms with Crippen LogP contribution in [0.15, 0.2) is 113 Å². The van der Waals surface area contributed by atoms with E-state index in [9.17, 15) is 16.8 Å². The van der Waals surface area contributed by atoms with Crippen molar-refractivity contribution < 1.29 is 25.9 Å². The van der Waals surface area contributed by atoms with Crippen molar-refractivity contribution >= 4 is 85.1 Å². The first-order valence-electron chi connectivity index (χ1n) is 12.2. The maximum Gasteiger partial charge on any atom is 0.263 e. The van der Waals surface area contributed by atoms with E-state index in [2.05, 4.69) is 51.6 Å². The van der Waals surface area contributed by atoms with E-state index in [-0.39, 0.29) is 21.4 Å². The Morgan fingerprint density at radius 3 is 1.29 bits per heavy atom. The van der Waals surface area contributed by atoms with Gasteiger partial charge in [-0.2, -0.15) is 0 Å². The van der Waals surface area contributed by atoms with E-state index in [1.807, 2.05) is 36.4 Å². The van der Waals surface area contributed by atoms with Crippen LogP contribution in [0.25, 0.3) is 21.5 Å². The second-order valence-electron chi connectivity index (χ2n) is 8.97. The van der Waals surface area contributed by atoms with Gasteiger partial charge in [0.2, 0.25) is 0 Å². The zero-order valence-corrected chi connectivity index (χ0v) is 26.8. The smallest absolute Gasteiger partial charge is 0.263 e. The zero-order valence-electron chi connectivity index (χ0n) is 22.0. The van der Waals surface area contributed by atoms with Gasteiger partial charge in [0.1, 0.15) is 20.5 Å². The maximum absolute atomic E-state index is 12.6. The molecule has 0 spiro atoms. The number of nitrogens with zero attached hydrogens (tertiary/aromatic N) is 2. The molecule has 0 saturated carbocycles. The third-order valence-electron chi connectivity index (χ3n) is 6.12. The molecule has 0 aliphatic carbocycles. The van der Waals surface area contributed by atoms with Crippen molar-refractivity contribution in [2.45, 2.75) is 23.6 Å². The predicted octanol–water partition coefficient (Wildman–Crippen LogP) is 7.40. The highest BCUT2D eigenvalue weighted by atomic mass is 79.9. The molecule has 0 bridgehead atoms. The van der Waals surface area contributed by atoms with Crippen LogP contribution in [-0.4, -0.2) is 27.1 Å². The second kappa shape index (κ2) is 11.9. The minimum absolute atomic E-state index is 0.139. The molecule has 0 fully saturated rings. The van der Waals surface area contributed by atoms with Crippen LogP contribution in [0.1, 0.15) is 11.5 Å². The van der Waals surface area contributed by atoms with Gasteiger partial charge >= 0.3 is 0 Å². The predicted molar refractivity (Wildman–Crippen MR) is 167 cm³/mol. The van der Waals surface area contributed by atoms with Gasteiger partial charge in [0.25, 0.3) is 20.0 Å². The molecule has 2 aromatic heterocycles. The van der Waals surface area contributed by atoms with E-state index in [1.165, 1.54) is 0 Å². The molecule has 42 heavy (non-hydrogen) atoms. The third-order valence-corrected chi connectivity index (χ3v) is 10.8. The second-order valence-corrected chi connectivity index (χ2v) is 13.9. The van der Waals surface area contributed by atoms with Gasteiger partial charge in [-0.05, 0) is 68.6 Å². The Morgan fingerprint density at radius 1 is 0.571 bits per heavy atom. The van der Waals surface area contributed by atoms with Gasteiger partial charge in [-0.15, -0.1) is 0 Å². The van der Waals surface area contributed by atoms with Crippen LogP contribution >= 0.6 is 31.9 Å². The van der Waals surface area contributed by atoms with Crippen LogP contribution in [0.5, 0.6) is 0 Å². The minimum Gasteiger partial charge on any atom is -0.358 e. The molecule has 0 saturated heterocycles. The summed E-state index contributed by atoms with van der Waals surface area (Å²) in [6.45, 7) is 3.37. The molecule has 4 aromatic carbocycles. The molecule has 0 atom stereocenters. The molecular weight excluding hydrogens is 712 g/mol. The highest BCUT2D eigenvalue weighted by molar-refractivity contribution is 9.11. The summed E-state index contributed by atoms with van der Waals surface area (Å²) < 4.78 is 66.0. The lowest BCUT2D eigenvalue weighted by molar-refractivity contribution is 0.399. The van der Waals surface area contributed by atoms with Crippen LogP contribution in [-0.2, 0) is 20.0 Å². The molecule has 0 amide bonds. The van der Waals surface area contributed by atoms with E-state index in [1.54, 1.807) is 62.4 Å². The van der Waals surface area contributed by atoms with E-state index in [0.29, 0.717) is 31.2 Å². The highest BCUT2D eigenvalue weighted by Crippen LogP contribution is 2.31. The van der Waals surface area contributed by atoms with Crippen LogP contribution in [0.3, 0.4) is 0 Å². The quantitative estimate of drug-likeness (QED) is 0.180. The van der Waals surface area contributed by atoms with E-state index in [0.717, 1.165) is 10.8 Å². The van der Waals surface area contributed by atoms with Crippen molar-refractivity contribution in [2.24, 2.45) is 0 Å². The lowest BCUT2D eigenvalue weighted by atomic mass is 10.1. The van der Waals surface area contributed by atoms with Gasteiger partial charge in [0, 0.05) is 10.8 Å². The number of benzene rings is 4. The Labute approximate surface area is 258 Å². The van der Waals surface area contributed by atoms with E-state index in [4.69, 9.17) is 9.05 Å². The minimum atomic E-state index is -3.75. The molecule has 2 N–H and O–H groups in total. The summed E-state index contributed by atoms with van der Waals surface area (Å²) in [5.74, 6) is 1.29. The van der Waals surface area contributed by atoms with Crippen molar-refractivity contribution in [3.05, 3.63) is 105 Å². The van der Waals surface area contributed by atoms with Gasteiger partial charge in [0.05, 0.1) is 9.79 Å². The first kappa shape index (κ1) is 29.8. The average Bonchev–Trinajstić information content (AvgIpc) is 3.46. The summed E-state index contributed by atoms with van der Waals surface area (Å²) in [6, 6.07) is 24.9. The molecule has 0 radical (unpaired) electrons. The molecule has 6 aromatic rings. The SMILES string of the molecule is Cc1onc(NS(=O)(=O)c2cccc3ccccc23)c1Br.Cc1onc(NS(=O)(=O)c2cccc3ccccc23)c1Br. The molecule has 0 aliphatic heterocycles. The zero-order chi connectivity index (χ0) is 30.1. The normalized spacial score (nSPS) is 11.7. The Kier molecular flexibility index (Phi) is 8.42. The molecular formula is C28H22Br2N4O6S2. The van der Waals surface area contributed by atoms with Crippen molar-refractivity contribution in [3.63, 3.8) is 0 Å². The number of nitrogens with one attached hydrogen (secondary N) is 2. The highest BCUT2D eigenvalue weighted by Gasteiger charge is 2.22. The van der Waals surface area contributed by atoms with E-state index >= 15 is 0 Å². The Hall–Kier alpha value is -3.72. The number of hydrogen-bond acceptors (Lipinski definition) is 8. The van der Waals surface area contributed by atoms with Crippen molar-refractivity contribution in [3.8, 4) is 0 Å². The molecule has 14 heteroatoms. The fourth-order valence-electron chi connectivity index (χ4n) is 4.07. The average molecular weight is 734 g/mol. The molecule has 10 nitrogen and oxygen atoms in total. The maximum atomic E-state index is 12.6. The van der Waals surface area contributed by atoms with Gasteiger partial charge in [-0.1, -0.05) is 83.1 Å². The van der Waals surface area contributed by atoms with Crippen molar-refractivity contribution in [2.75, 3.05) is 9.44 Å². The number of sulfonamides is 2. The van der Waals surface area contributed by atoms with Crippen molar-refractivity contribution in [1.82, 2.24) is 10.3 Å². The van der Waals surface area contributed by atoms with Crippen LogP contribution < -0.4 is 9.44 Å². The number of aromatic nitrogens is 2. The summed E-state index contributed by atoms with van der Waals surface area (Å²) in [6.07, 6.45) is 0. The van der Waals surface area contributed by atoms with Crippen LogP contribution in [0, 0.1) is 13.8 Å². The molecule has 6 rings (SSSR count). The number of hydrogen-bond donors (Lipinski definition) is 2. The molecule has 0 unspecified atom stereocenters. The Morgan fingerprint density at radius 2 is 0.929 bits per heavy atom. The van der Waals surface area contributed by atoms with Crippen LogP contribution in [0.4, 0.5) is 11.6 Å². The Bertz CT molecular complexity index is 1980. The third kappa shape index (κ3) is 6.07. The molecule has 2 heterocycles. The van der Waals surface area contributed by atoms with Gasteiger partial charge < -0.3 is 9.05 Å². The largest absolute Gasteiger partial charge is 0.358 e. The number of halogens is 2. The summed E-state index contributed by atoms with van der Waals surface area (Å²) in [4.78, 5) is 0.404. The first-order chi connectivity index (χ1) is 20.0. The first-order valence-corrected chi connectivity index (χ1v) is 16.8. The lowest BCUT2D eigenvalue weighted by Crippen LogP contribution is -2.14. The van der Waals surface area contributed by atoms with Crippen molar-refractivity contribution in [1.29, 1.82) is 0 Å². The summed E-state index contributed by atoms with van der Waals surface area (Å²) >= 11 is 6.48. The van der Waals surface area contributed by atoms with Crippen LogP contribution in [0.2, 0.25) is 0 Å². The van der Waals surface area contributed by atoms with Gasteiger partial charge in [0.15, 0.2) is 11.6 Å².